The maximum Gasteiger partial charge on any atom is -0.0177 e. The summed E-state index contributed by atoms with van der Waals surface area (Å²) in [4.78, 5) is 0. The van der Waals surface area contributed by atoms with Crippen LogP contribution in [0.4, 0.5) is 0 Å². The van der Waals surface area contributed by atoms with Crippen LogP contribution in [-0.2, 0) is 0 Å². The van der Waals surface area contributed by atoms with Crippen LogP contribution in [0.2, 0.25) is 0 Å². The van der Waals surface area contributed by atoms with Gasteiger partial charge in [0.2, 0.25) is 0 Å². The van der Waals surface area contributed by atoms with Crippen molar-refractivity contribution in [3.05, 3.63) is 90.0 Å². The monoisotopic (exact) mass is 284 g/mol. The van der Waals surface area contributed by atoms with E-state index in [-0.39, 0.29) is 0 Å². The molecule has 0 amide bonds. The fraction of sp³-hybridized carbons (Fsp3) is 0.0909. The molecule has 0 aliphatic carbocycles. The summed E-state index contributed by atoms with van der Waals surface area (Å²) < 4.78 is 0. The van der Waals surface area contributed by atoms with Crippen LogP contribution in [0.15, 0.2) is 78.9 Å². The summed E-state index contributed by atoms with van der Waals surface area (Å²) >= 11 is 0. The smallest absolute Gasteiger partial charge is 0.0177 e. The summed E-state index contributed by atoms with van der Waals surface area (Å²) in [5.74, 6) is 0. The van der Waals surface area contributed by atoms with Gasteiger partial charge in [-0.2, -0.15) is 0 Å². The lowest BCUT2D eigenvalue weighted by Gasteiger charge is -2.06. The number of benzene rings is 3. The summed E-state index contributed by atoms with van der Waals surface area (Å²) in [5, 5.41) is 2.53. The first-order valence-corrected chi connectivity index (χ1v) is 7.56. The second-order valence-electron chi connectivity index (χ2n) is 5.87. The van der Waals surface area contributed by atoms with E-state index in [0.717, 1.165) is 5.57 Å². The lowest BCUT2D eigenvalue weighted by atomic mass is 9.99. The molecule has 0 fully saturated rings. The zero-order valence-electron chi connectivity index (χ0n) is 13.1. The van der Waals surface area contributed by atoms with Crippen molar-refractivity contribution >= 4 is 16.8 Å². The van der Waals surface area contributed by atoms with Gasteiger partial charge in [0, 0.05) is 0 Å². The van der Waals surface area contributed by atoms with Crippen molar-refractivity contribution in [2.75, 3.05) is 0 Å². The molecule has 3 aromatic rings. The highest BCUT2D eigenvalue weighted by molar-refractivity contribution is 5.89. The highest BCUT2D eigenvalue weighted by Gasteiger charge is 2.00. The Morgan fingerprint density at radius 1 is 0.818 bits per heavy atom. The molecule has 0 atom stereocenters. The molecule has 0 N–H and O–H groups in total. The molecule has 0 nitrogen and oxygen atoms in total. The van der Waals surface area contributed by atoms with Gasteiger partial charge >= 0.3 is 0 Å². The highest BCUT2D eigenvalue weighted by Crippen LogP contribution is 2.25. The van der Waals surface area contributed by atoms with Crippen LogP contribution in [0, 0.1) is 6.92 Å². The lowest BCUT2D eigenvalue weighted by molar-refractivity contribution is 1.47. The second kappa shape index (κ2) is 6.03. The lowest BCUT2D eigenvalue weighted by Crippen LogP contribution is -1.81. The summed E-state index contributed by atoms with van der Waals surface area (Å²) in [7, 11) is 0. The van der Waals surface area contributed by atoms with Gasteiger partial charge in [-0.1, -0.05) is 78.4 Å². The fourth-order valence-electron chi connectivity index (χ4n) is 2.53. The minimum Gasteiger partial charge on any atom is -0.0961 e. The fourth-order valence-corrected chi connectivity index (χ4v) is 2.53. The van der Waals surface area contributed by atoms with Gasteiger partial charge in [0.25, 0.3) is 0 Å². The normalized spacial score (nSPS) is 11.2. The van der Waals surface area contributed by atoms with Crippen LogP contribution in [-0.4, -0.2) is 0 Å². The Bertz CT molecular complexity index is 849. The number of hydrogen-bond acceptors (Lipinski definition) is 0. The Morgan fingerprint density at radius 3 is 2.18 bits per heavy atom. The maximum atomic E-state index is 3.90. The van der Waals surface area contributed by atoms with Crippen LogP contribution in [0.3, 0.4) is 0 Å². The van der Waals surface area contributed by atoms with Crippen LogP contribution in [0.1, 0.15) is 18.1 Å². The molecule has 0 heteroatoms. The van der Waals surface area contributed by atoms with Crippen LogP contribution >= 0.6 is 0 Å². The van der Waals surface area contributed by atoms with E-state index in [0.29, 0.717) is 0 Å². The van der Waals surface area contributed by atoms with Gasteiger partial charge in [-0.15, -0.1) is 0 Å². The van der Waals surface area contributed by atoms with Crippen molar-refractivity contribution in [2.24, 2.45) is 0 Å². The first-order chi connectivity index (χ1) is 10.6. The van der Waals surface area contributed by atoms with Crippen LogP contribution in [0.5, 0.6) is 0 Å². The average Bonchev–Trinajstić information content (AvgIpc) is 2.53. The van der Waals surface area contributed by atoms with Crippen molar-refractivity contribution < 1.29 is 0 Å². The Balaban J connectivity index is 1.99. The predicted octanol–water partition coefficient (Wildman–Crippen LogP) is 6.40. The van der Waals surface area contributed by atoms with Crippen LogP contribution < -0.4 is 0 Å². The molecule has 0 heterocycles. The largest absolute Gasteiger partial charge is 0.0961 e. The van der Waals surface area contributed by atoms with Crippen molar-refractivity contribution in [2.45, 2.75) is 13.8 Å². The molecule has 0 bridgehead atoms. The molecule has 0 radical (unpaired) electrons. The van der Waals surface area contributed by atoms with Crippen LogP contribution in [0.25, 0.3) is 28.0 Å². The van der Waals surface area contributed by atoms with Gasteiger partial charge in [0.15, 0.2) is 0 Å². The summed E-state index contributed by atoms with van der Waals surface area (Å²) in [6, 6.07) is 21.9. The Kier molecular flexibility index (Phi) is 3.93. The SMILES string of the molecule is C=C(C)/C=C/c1ccc2cc(-c3ccc(C)cc3)ccc2c1. The van der Waals surface area contributed by atoms with Crippen molar-refractivity contribution in [3.8, 4) is 11.1 Å². The second-order valence-corrected chi connectivity index (χ2v) is 5.87. The average molecular weight is 284 g/mol. The van der Waals surface area contributed by atoms with E-state index in [4.69, 9.17) is 0 Å². The van der Waals surface area contributed by atoms with Gasteiger partial charge in [-0.25, -0.2) is 0 Å². The zero-order valence-corrected chi connectivity index (χ0v) is 13.1. The molecule has 0 saturated carbocycles. The summed E-state index contributed by atoms with van der Waals surface area (Å²) in [5.41, 5.74) is 6.09. The standard InChI is InChI=1S/C22H20/c1-16(2)4-7-18-8-11-22-15-21(13-12-20(22)14-18)19-9-5-17(3)6-10-19/h4-15H,1H2,2-3H3/b7-4+. The molecule has 0 aliphatic rings. The van der Waals surface area contributed by atoms with Gasteiger partial charge < -0.3 is 0 Å². The third kappa shape index (κ3) is 3.17. The first-order valence-electron chi connectivity index (χ1n) is 7.56. The number of aryl methyl sites for hydroxylation is 1. The van der Waals surface area contributed by atoms with E-state index < -0.39 is 0 Å². The molecule has 108 valence electrons. The molecule has 0 spiro atoms. The molecular weight excluding hydrogens is 264 g/mol. The van der Waals surface area contributed by atoms with E-state index in [2.05, 4.69) is 80.2 Å². The molecule has 3 aromatic carbocycles. The Hall–Kier alpha value is -2.60. The van der Waals surface area contributed by atoms with E-state index in [1.165, 1.54) is 33.0 Å². The molecule has 0 aliphatic heterocycles. The number of allylic oxidation sites excluding steroid dienone is 2. The van der Waals surface area contributed by atoms with Gasteiger partial charge in [0.05, 0.1) is 0 Å². The van der Waals surface area contributed by atoms with E-state index in [1.807, 2.05) is 13.0 Å². The third-order valence-electron chi connectivity index (χ3n) is 3.81. The number of hydrogen-bond donors (Lipinski definition) is 0. The number of rotatable bonds is 3. The van der Waals surface area contributed by atoms with Gasteiger partial charge in [-0.05, 0) is 53.4 Å². The summed E-state index contributed by atoms with van der Waals surface area (Å²) in [6.07, 6.45) is 4.15. The van der Waals surface area contributed by atoms with Crippen molar-refractivity contribution in [3.63, 3.8) is 0 Å². The predicted molar refractivity (Wildman–Crippen MR) is 98.0 cm³/mol. The molecule has 0 aromatic heterocycles. The maximum absolute atomic E-state index is 3.90. The Labute approximate surface area is 132 Å². The molecule has 22 heavy (non-hydrogen) atoms. The van der Waals surface area contributed by atoms with E-state index in [9.17, 15) is 0 Å². The highest BCUT2D eigenvalue weighted by atomic mass is 14.0. The topological polar surface area (TPSA) is 0 Å². The quantitative estimate of drug-likeness (QED) is 0.488. The van der Waals surface area contributed by atoms with Gasteiger partial charge in [-0.3, -0.25) is 0 Å². The van der Waals surface area contributed by atoms with Crippen molar-refractivity contribution in [1.29, 1.82) is 0 Å². The van der Waals surface area contributed by atoms with Crippen molar-refractivity contribution in [1.82, 2.24) is 0 Å². The minimum absolute atomic E-state index is 1.06. The first kappa shape index (κ1) is 14.3. The minimum atomic E-state index is 1.06. The third-order valence-corrected chi connectivity index (χ3v) is 3.81. The Morgan fingerprint density at radius 2 is 1.45 bits per heavy atom. The van der Waals surface area contributed by atoms with E-state index >= 15 is 0 Å². The molecule has 0 saturated heterocycles. The zero-order chi connectivity index (χ0) is 15.5. The van der Waals surface area contributed by atoms with E-state index in [1.54, 1.807) is 0 Å². The van der Waals surface area contributed by atoms with Gasteiger partial charge in [0.1, 0.15) is 0 Å². The molecule has 3 rings (SSSR count). The molecule has 0 unspecified atom stereocenters. The summed E-state index contributed by atoms with van der Waals surface area (Å²) in [6.45, 7) is 8.02. The molecular formula is C22H20. The number of fused-ring (bicyclic) bond motifs is 1.